The fourth-order valence-corrected chi connectivity index (χ4v) is 3.79. The average Bonchev–Trinajstić information content (AvgIpc) is 2.49. The Morgan fingerprint density at radius 2 is 1.85 bits per heavy atom. The first-order valence-electron chi connectivity index (χ1n) is 8.20. The SMILES string of the molecule is CCOC(=O)C1(NC2CCCCC2)CCCCC1OC. The van der Waals surface area contributed by atoms with Crippen molar-refractivity contribution in [3.63, 3.8) is 0 Å². The van der Waals surface area contributed by atoms with E-state index in [1.165, 1.54) is 19.3 Å². The molecule has 2 unspecified atom stereocenters. The highest BCUT2D eigenvalue weighted by molar-refractivity contribution is 5.82. The molecule has 0 amide bonds. The first-order chi connectivity index (χ1) is 9.73. The third kappa shape index (κ3) is 3.34. The van der Waals surface area contributed by atoms with E-state index in [9.17, 15) is 4.79 Å². The van der Waals surface area contributed by atoms with Crippen LogP contribution in [0.4, 0.5) is 0 Å². The second kappa shape index (κ2) is 7.41. The Kier molecular flexibility index (Phi) is 5.85. The zero-order valence-electron chi connectivity index (χ0n) is 13.0. The number of hydrogen-bond acceptors (Lipinski definition) is 4. The van der Waals surface area contributed by atoms with Crippen LogP contribution in [0.15, 0.2) is 0 Å². The van der Waals surface area contributed by atoms with Crippen LogP contribution >= 0.6 is 0 Å². The number of hydrogen-bond donors (Lipinski definition) is 1. The number of carbonyl (C=O) groups is 1. The minimum atomic E-state index is -0.620. The average molecular weight is 283 g/mol. The van der Waals surface area contributed by atoms with Crippen LogP contribution in [-0.2, 0) is 14.3 Å². The van der Waals surface area contributed by atoms with Gasteiger partial charge in [-0.2, -0.15) is 0 Å². The molecule has 0 spiro atoms. The van der Waals surface area contributed by atoms with Gasteiger partial charge in [-0.3, -0.25) is 5.32 Å². The molecule has 2 aliphatic carbocycles. The molecule has 0 radical (unpaired) electrons. The lowest BCUT2D eigenvalue weighted by Gasteiger charge is -2.44. The molecule has 0 saturated heterocycles. The molecule has 4 heteroatoms. The lowest BCUT2D eigenvalue weighted by atomic mass is 9.77. The van der Waals surface area contributed by atoms with Gasteiger partial charge in [-0.15, -0.1) is 0 Å². The maximum absolute atomic E-state index is 12.6. The summed E-state index contributed by atoms with van der Waals surface area (Å²) >= 11 is 0. The molecule has 0 heterocycles. The summed E-state index contributed by atoms with van der Waals surface area (Å²) in [6.45, 7) is 2.31. The molecule has 0 aromatic rings. The van der Waals surface area contributed by atoms with Crippen molar-refractivity contribution in [3.05, 3.63) is 0 Å². The van der Waals surface area contributed by atoms with Gasteiger partial charge in [0.15, 0.2) is 0 Å². The summed E-state index contributed by atoms with van der Waals surface area (Å²) < 4.78 is 11.0. The Morgan fingerprint density at radius 1 is 1.15 bits per heavy atom. The first kappa shape index (κ1) is 15.8. The monoisotopic (exact) mass is 283 g/mol. The quantitative estimate of drug-likeness (QED) is 0.788. The lowest BCUT2D eigenvalue weighted by Crippen LogP contribution is -2.65. The van der Waals surface area contributed by atoms with Gasteiger partial charge in [0, 0.05) is 13.2 Å². The van der Waals surface area contributed by atoms with E-state index in [2.05, 4.69) is 5.32 Å². The van der Waals surface area contributed by atoms with Gasteiger partial charge >= 0.3 is 5.97 Å². The van der Waals surface area contributed by atoms with E-state index in [0.717, 1.165) is 38.5 Å². The summed E-state index contributed by atoms with van der Waals surface area (Å²) in [4.78, 5) is 12.6. The Hall–Kier alpha value is -0.610. The molecule has 2 aliphatic rings. The summed E-state index contributed by atoms with van der Waals surface area (Å²) in [5, 5.41) is 3.66. The summed E-state index contributed by atoms with van der Waals surface area (Å²) in [5.41, 5.74) is -0.620. The van der Waals surface area contributed by atoms with Gasteiger partial charge < -0.3 is 9.47 Å². The van der Waals surface area contributed by atoms with Gasteiger partial charge in [-0.05, 0) is 32.6 Å². The van der Waals surface area contributed by atoms with Crippen molar-refractivity contribution in [1.82, 2.24) is 5.32 Å². The predicted octanol–water partition coefficient (Wildman–Crippen LogP) is 2.80. The highest BCUT2D eigenvalue weighted by Crippen LogP contribution is 2.34. The number of rotatable bonds is 5. The molecule has 2 atom stereocenters. The van der Waals surface area contributed by atoms with Crippen LogP contribution in [0.3, 0.4) is 0 Å². The van der Waals surface area contributed by atoms with Crippen molar-refractivity contribution in [2.45, 2.75) is 82.4 Å². The second-order valence-corrected chi connectivity index (χ2v) is 6.14. The van der Waals surface area contributed by atoms with Crippen molar-refractivity contribution >= 4 is 5.97 Å². The molecule has 20 heavy (non-hydrogen) atoms. The van der Waals surface area contributed by atoms with Crippen molar-refractivity contribution in [3.8, 4) is 0 Å². The third-order valence-electron chi connectivity index (χ3n) is 4.83. The fourth-order valence-electron chi connectivity index (χ4n) is 3.79. The molecule has 116 valence electrons. The van der Waals surface area contributed by atoms with Gasteiger partial charge in [0.25, 0.3) is 0 Å². The topological polar surface area (TPSA) is 47.6 Å². The predicted molar refractivity (Wildman–Crippen MR) is 78.6 cm³/mol. The van der Waals surface area contributed by atoms with E-state index < -0.39 is 5.54 Å². The second-order valence-electron chi connectivity index (χ2n) is 6.14. The minimum Gasteiger partial charge on any atom is -0.465 e. The van der Waals surface area contributed by atoms with E-state index in [0.29, 0.717) is 12.6 Å². The maximum atomic E-state index is 12.6. The van der Waals surface area contributed by atoms with Gasteiger partial charge in [0.05, 0.1) is 12.7 Å². The molecule has 0 bridgehead atoms. The fraction of sp³-hybridized carbons (Fsp3) is 0.938. The molecule has 2 fully saturated rings. The van der Waals surface area contributed by atoms with Crippen LogP contribution < -0.4 is 5.32 Å². The molecule has 2 rings (SSSR count). The van der Waals surface area contributed by atoms with Gasteiger partial charge in [-0.25, -0.2) is 4.79 Å². The smallest absolute Gasteiger partial charge is 0.329 e. The number of carbonyl (C=O) groups excluding carboxylic acids is 1. The number of ether oxygens (including phenoxy) is 2. The third-order valence-corrected chi connectivity index (χ3v) is 4.83. The Bertz CT molecular complexity index is 315. The van der Waals surface area contributed by atoms with Crippen LogP contribution in [0.25, 0.3) is 0 Å². The zero-order valence-corrected chi connectivity index (χ0v) is 13.0. The molecule has 0 aromatic heterocycles. The number of nitrogens with one attached hydrogen (secondary N) is 1. The van der Waals surface area contributed by atoms with Crippen LogP contribution in [0, 0.1) is 0 Å². The van der Waals surface area contributed by atoms with Gasteiger partial charge in [0.2, 0.25) is 0 Å². The van der Waals surface area contributed by atoms with Gasteiger partial charge in [-0.1, -0.05) is 32.1 Å². The van der Waals surface area contributed by atoms with Gasteiger partial charge in [0.1, 0.15) is 5.54 Å². The van der Waals surface area contributed by atoms with Crippen LogP contribution in [0.2, 0.25) is 0 Å². The largest absolute Gasteiger partial charge is 0.465 e. The Balaban J connectivity index is 2.14. The van der Waals surface area contributed by atoms with Crippen LogP contribution in [-0.4, -0.2) is 37.4 Å². The minimum absolute atomic E-state index is 0.0581. The Labute approximate surface area is 122 Å². The zero-order chi connectivity index (χ0) is 14.4. The van der Waals surface area contributed by atoms with Crippen molar-refractivity contribution < 1.29 is 14.3 Å². The summed E-state index contributed by atoms with van der Waals surface area (Å²) in [6, 6.07) is 0.434. The van der Waals surface area contributed by atoms with Crippen molar-refractivity contribution in [2.75, 3.05) is 13.7 Å². The standard InChI is InChI=1S/C16H29NO3/c1-3-20-15(18)16(12-8-7-11-14(16)19-2)17-13-9-5-4-6-10-13/h13-14,17H,3-12H2,1-2H3. The molecule has 4 nitrogen and oxygen atoms in total. The molecular formula is C16H29NO3. The Morgan fingerprint density at radius 3 is 2.50 bits per heavy atom. The van der Waals surface area contributed by atoms with Crippen LogP contribution in [0.5, 0.6) is 0 Å². The lowest BCUT2D eigenvalue weighted by molar-refractivity contribution is -0.161. The molecule has 0 aliphatic heterocycles. The first-order valence-corrected chi connectivity index (χ1v) is 8.20. The molecule has 1 N–H and O–H groups in total. The highest BCUT2D eigenvalue weighted by atomic mass is 16.5. The summed E-state index contributed by atoms with van der Waals surface area (Å²) in [5.74, 6) is -0.114. The van der Waals surface area contributed by atoms with E-state index in [4.69, 9.17) is 9.47 Å². The summed E-state index contributed by atoms with van der Waals surface area (Å²) in [6.07, 6.45) is 10.1. The van der Waals surface area contributed by atoms with E-state index in [1.807, 2.05) is 6.92 Å². The molecule has 0 aromatic carbocycles. The summed E-state index contributed by atoms with van der Waals surface area (Å²) in [7, 11) is 1.71. The van der Waals surface area contributed by atoms with E-state index in [1.54, 1.807) is 7.11 Å². The highest BCUT2D eigenvalue weighted by Gasteiger charge is 2.49. The van der Waals surface area contributed by atoms with E-state index >= 15 is 0 Å². The molecular weight excluding hydrogens is 254 g/mol. The maximum Gasteiger partial charge on any atom is 0.329 e. The molecule has 2 saturated carbocycles. The number of esters is 1. The number of methoxy groups -OCH3 is 1. The normalized spacial score (nSPS) is 32.0. The van der Waals surface area contributed by atoms with Crippen LogP contribution in [0.1, 0.15) is 64.7 Å². The van der Waals surface area contributed by atoms with Crippen molar-refractivity contribution in [1.29, 1.82) is 0 Å². The van der Waals surface area contributed by atoms with E-state index in [-0.39, 0.29) is 12.1 Å². The van der Waals surface area contributed by atoms with Crippen molar-refractivity contribution in [2.24, 2.45) is 0 Å².